The van der Waals surface area contributed by atoms with Crippen molar-refractivity contribution in [3.63, 3.8) is 0 Å². The number of nitrogens with one attached hydrogen (secondary N) is 6. The molecule has 0 heterocycles. The normalized spacial score (nSPS) is 11.3. The molecule has 0 spiro atoms. The summed E-state index contributed by atoms with van der Waals surface area (Å²) in [6.07, 6.45) is -15.7. The summed E-state index contributed by atoms with van der Waals surface area (Å²) >= 11 is 21.4. The molecule has 16 nitrogen and oxygen atoms in total. The number of ether oxygens (including phenoxy) is 5. The Morgan fingerprint density at radius 3 is 1.36 bits per heavy atom. The Bertz CT molecular complexity index is 3300. The van der Waals surface area contributed by atoms with E-state index in [4.69, 9.17) is 71.9 Å². The lowest BCUT2D eigenvalue weighted by molar-refractivity contribution is -0.143. The highest BCUT2D eigenvalue weighted by Gasteiger charge is 2.38. The topological polar surface area (TPSA) is 210 Å². The number of thiocarbonyl (C=S) groups is 3. The van der Waals surface area contributed by atoms with Crippen molar-refractivity contribution in [2.24, 2.45) is 0 Å². The highest BCUT2D eigenvalue weighted by molar-refractivity contribution is 7.81. The largest absolute Gasteiger partial charge is 0.506 e. The van der Waals surface area contributed by atoms with Gasteiger partial charge < -0.3 is 49.8 Å². The van der Waals surface area contributed by atoms with Gasteiger partial charge in [0.15, 0.2) is 38.3 Å². The highest BCUT2D eigenvalue weighted by Crippen LogP contribution is 2.45. The van der Waals surface area contributed by atoms with Gasteiger partial charge in [-0.15, -0.1) is 0 Å². The van der Waals surface area contributed by atoms with Gasteiger partial charge in [-0.05, 0) is 116 Å². The first-order valence-electron chi connectivity index (χ1n) is 21.0. The van der Waals surface area contributed by atoms with Crippen molar-refractivity contribution < 1.29 is 87.8 Å². The average Bonchev–Trinajstić information content (AvgIpc) is 3.35. The van der Waals surface area contributed by atoms with Gasteiger partial charge in [0, 0.05) is 39.9 Å². The zero-order valence-electron chi connectivity index (χ0n) is 39.0. The van der Waals surface area contributed by atoms with Gasteiger partial charge in [-0.2, -0.15) is 39.5 Å². The number of benzene rings is 6. The van der Waals surface area contributed by atoms with Crippen LogP contribution < -0.4 is 55.6 Å². The van der Waals surface area contributed by atoms with Crippen LogP contribution in [-0.4, -0.2) is 64.6 Å². The third kappa shape index (κ3) is 15.2. The van der Waals surface area contributed by atoms with Crippen LogP contribution in [0.1, 0.15) is 47.8 Å². The van der Waals surface area contributed by atoms with Crippen molar-refractivity contribution in [1.29, 1.82) is 0 Å². The minimum Gasteiger partial charge on any atom is -0.506 e. The van der Waals surface area contributed by atoms with Crippen LogP contribution in [0, 0.1) is 0 Å². The summed E-state index contributed by atoms with van der Waals surface area (Å²) in [5.41, 5.74) is -7.10. The number of amides is 3. The van der Waals surface area contributed by atoms with E-state index in [0.29, 0.717) is 12.1 Å². The van der Waals surface area contributed by atoms with E-state index in [0.717, 1.165) is 19.2 Å². The molecule has 0 bridgehead atoms. The van der Waals surface area contributed by atoms with Crippen molar-refractivity contribution in [1.82, 2.24) is 16.0 Å². The van der Waals surface area contributed by atoms with Gasteiger partial charge in [0.25, 0.3) is 17.7 Å². The van der Waals surface area contributed by atoms with Crippen molar-refractivity contribution in [3.05, 3.63) is 142 Å². The smallest absolute Gasteiger partial charge is 0.416 e. The molecular weight excluding hydrogens is 1120 g/mol. The first-order chi connectivity index (χ1) is 36.0. The maximum atomic E-state index is 14.3. The summed E-state index contributed by atoms with van der Waals surface area (Å²) in [5.74, 6) is -5.75. The molecule has 0 saturated heterocycles. The molecule has 0 fully saturated rings. The summed E-state index contributed by atoms with van der Waals surface area (Å²) in [6.45, 7) is 0. The number of phenols is 2. The number of carbonyl (C=O) groups excluding carboxylic acids is 3. The lowest BCUT2D eigenvalue weighted by atomic mass is 10.0. The summed E-state index contributed by atoms with van der Waals surface area (Å²) in [5, 5.41) is 34.2. The van der Waals surface area contributed by atoms with Crippen LogP contribution in [0.25, 0.3) is 0 Å². The quantitative estimate of drug-likeness (QED) is 0.0307. The number of alkyl halides is 9. The van der Waals surface area contributed by atoms with Crippen LogP contribution in [0.5, 0.6) is 51.7 Å². The maximum Gasteiger partial charge on any atom is 0.416 e. The fourth-order valence-corrected chi connectivity index (χ4v) is 7.32. The maximum absolute atomic E-state index is 14.3. The Hall–Kier alpha value is -8.34. The Morgan fingerprint density at radius 1 is 0.481 bits per heavy atom. The van der Waals surface area contributed by atoms with Crippen LogP contribution in [0.3, 0.4) is 0 Å². The first kappa shape index (κ1) is 57.9. The lowest BCUT2D eigenvalue weighted by Crippen LogP contribution is -2.34. The molecular formula is C48H34ClF9N6O10S3. The number of phenolic OH excluding ortho intramolecular Hbond substituents is 2. The first-order valence-corrected chi connectivity index (χ1v) is 22.7. The van der Waals surface area contributed by atoms with Gasteiger partial charge in [-0.25, -0.2) is 0 Å². The Kier molecular flexibility index (Phi) is 17.8. The number of halogens is 10. The number of para-hydroxylation sites is 1. The molecule has 29 heteroatoms. The molecule has 77 heavy (non-hydrogen) atoms. The van der Waals surface area contributed by atoms with Crippen LogP contribution in [0.2, 0.25) is 5.02 Å². The van der Waals surface area contributed by atoms with E-state index in [1.54, 1.807) is 0 Å². The number of aromatic hydroxyl groups is 2. The van der Waals surface area contributed by atoms with Crippen molar-refractivity contribution >= 4 is 98.4 Å². The van der Waals surface area contributed by atoms with E-state index in [2.05, 4.69) is 26.6 Å². The molecule has 0 aliphatic rings. The van der Waals surface area contributed by atoms with Crippen LogP contribution in [0.4, 0.5) is 56.6 Å². The molecule has 8 N–H and O–H groups in total. The summed E-state index contributed by atoms with van der Waals surface area (Å²) in [7, 11) is 3.49. The molecule has 0 saturated carbocycles. The molecule has 3 amide bonds. The third-order valence-electron chi connectivity index (χ3n) is 10.0. The summed E-state index contributed by atoms with van der Waals surface area (Å²) < 4.78 is 151. The van der Waals surface area contributed by atoms with Gasteiger partial charge in [-0.1, -0.05) is 17.7 Å². The minimum absolute atomic E-state index is 0.00334. The molecule has 6 aromatic carbocycles. The van der Waals surface area contributed by atoms with Crippen LogP contribution in [-0.2, 0) is 18.5 Å². The Morgan fingerprint density at radius 2 is 0.909 bits per heavy atom. The fraction of sp³-hybridized carbons (Fsp3) is 0.125. The molecule has 0 aromatic heterocycles. The number of methoxy groups -OCH3 is 3. The molecule has 0 radical (unpaired) electrons. The second kappa shape index (κ2) is 23.7. The van der Waals surface area contributed by atoms with Gasteiger partial charge in [-0.3, -0.25) is 30.3 Å². The molecule has 404 valence electrons. The van der Waals surface area contributed by atoms with Crippen molar-refractivity contribution in [3.8, 4) is 51.7 Å². The van der Waals surface area contributed by atoms with Gasteiger partial charge >= 0.3 is 18.5 Å². The third-order valence-corrected chi connectivity index (χ3v) is 10.9. The van der Waals surface area contributed by atoms with E-state index in [1.165, 1.54) is 74.9 Å². The summed E-state index contributed by atoms with van der Waals surface area (Å²) in [4.78, 5) is 39.7. The standard InChI is InChI=1S/C48H34ClF9N6O10S3/c1-70-28-11-22(41(68)63-43(75)59-32-8-7-27(49)18-35(32)65)13-30(19-28)73-36-6-4-5-33(38(36)66)60-44(76)64-42(69)23-12-29(71-2)20-31(14-23)74-37-17-26(48(56,57)58)16-34(39(37)72-3)61-45(77)62-40(67)21-9-24(46(50,51)52)15-25(10-21)47(53,54)55/h4-20,65-66H,1-3H3,(H2,59,63,68,75)(H2,60,64,69,76)(H2,61,62,67,77). The van der Waals surface area contributed by atoms with Crippen LogP contribution in [0.15, 0.2) is 103 Å². The number of hydrogen-bond donors (Lipinski definition) is 8. The zero-order valence-corrected chi connectivity index (χ0v) is 42.2. The zero-order chi connectivity index (χ0) is 56.7. The monoisotopic (exact) mass is 1160 g/mol. The molecule has 6 rings (SSSR count). The highest BCUT2D eigenvalue weighted by atomic mass is 35.5. The van der Waals surface area contributed by atoms with E-state index < -0.39 is 91.7 Å². The van der Waals surface area contributed by atoms with Gasteiger partial charge in [0.2, 0.25) is 0 Å². The van der Waals surface area contributed by atoms with Gasteiger partial charge in [0.1, 0.15) is 28.7 Å². The molecule has 0 aliphatic heterocycles. The van der Waals surface area contributed by atoms with E-state index in [-0.39, 0.29) is 85.3 Å². The Labute approximate surface area is 449 Å². The molecule has 0 aliphatic carbocycles. The number of rotatable bonds is 13. The minimum atomic E-state index is -5.31. The number of anilines is 3. The number of carbonyl (C=O) groups is 3. The van der Waals surface area contributed by atoms with Crippen molar-refractivity contribution in [2.45, 2.75) is 18.5 Å². The van der Waals surface area contributed by atoms with Crippen molar-refractivity contribution in [2.75, 3.05) is 37.3 Å². The Balaban J connectivity index is 1.17. The van der Waals surface area contributed by atoms with E-state index in [1.807, 2.05) is 5.32 Å². The fourth-order valence-electron chi connectivity index (χ4n) is 6.55. The van der Waals surface area contributed by atoms with E-state index in [9.17, 15) is 64.1 Å². The second-order valence-electron chi connectivity index (χ2n) is 15.4. The average molecular weight is 1160 g/mol. The molecule has 0 atom stereocenters. The van der Waals surface area contributed by atoms with Crippen LogP contribution >= 0.6 is 48.3 Å². The lowest BCUT2D eigenvalue weighted by Gasteiger charge is -2.20. The second-order valence-corrected chi connectivity index (χ2v) is 17.0. The molecule has 6 aromatic rings. The SMILES string of the molecule is COc1cc(Oc2cccc(NC(=S)NC(=O)c3cc(OC)cc(Oc4cc(C(F)(F)F)cc(NC(=S)NC(=O)c5cc(C(F)(F)F)cc(C(F)(F)F)c5)c4OC)c3)c2O)cc(C(=O)NC(=S)Nc2ccc(Cl)cc2O)c1. The van der Waals surface area contributed by atoms with E-state index >= 15 is 0 Å². The number of hydrogen-bond acceptors (Lipinski definition) is 13. The van der Waals surface area contributed by atoms with Gasteiger partial charge in [0.05, 0.1) is 55.1 Å². The predicted octanol–water partition coefficient (Wildman–Crippen LogP) is 11.8. The predicted molar refractivity (Wildman–Crippen MR) is 273 cm³/mol. The molecule has 0 unspecified atom stereocenters. The summed E-state index contributed by atoms with van der Waals surface area (Å²) in [6, 6.07) is 16.7.